The minimum absolute atomic E-state index is 0.180. The fourth-order valence-corrected chi connectivity index (χ4v) is 2.18. The van der Waals surface area contributed by atoms with Gasteiger partial charge in [0.1, 0.15) is 5.82 Å². The summed E-state index contributed by atoms with van der Waals surface area (Å²) in [6, 6.07) is 5.69. The number of halogens is 2. The molecule has 0 fully saturated rings. The van der Waals surface area contributed by atoms with Gasteiger partial charge in [-0.2, -0.15) is 0 Å². The third kappa shape index (κ3) is 5.07. The van der Waals surface area contributed by atoms with Crippen molar-refractivity contribution in [1.82, 2.24) is 5.32 Å². The highest BCUT2D eigenvalue weighted by atomic mass is 79.9. The molecule has 0 aromatic heterocycles. The minimum atomic E-state index is -0.180. The molecule has 0 aliphatic carbocycles. The van der Waals surface area contributed by atoms with E-state index in [1.54, 1.807) is 12.1 Å². The Morgan fingerprint density at radius 2 is 2.00 bits per heavy atom. The highest BCUT2D eigenvalue weighted by Gasteiger charge is 2.13. The van der Waals surface area contributed by atoms with Crippen LogP contribution in [0.3, 0.4) is 0 Å². The molecule has 0 saturated carbocycles. The molecule has 1 unspecified atom stereocenters. The predicted octanol–water partition coefficient (Wildman–Crippen LogP) is 5.07. The van der Waals surface area contributed by atoms with Crippen molar-refractivity contribution in [2.45, 2.75) is 46.1 Å². The van der Waals surface area contributed by atoms with Crippen LogP contribution in [0.15, 0.2) is 22.7 Å². The summed E-state index contributed by atoms with van der Waals surface area (Å²) in [5.74, 6) is 0.497. The van der Waals surface area contributed by atoms with E-state index in [0.29, 0.717) is 10.4 Å². The van der Waals surface area contributed by atoms with Crippen molar-refractivity contribution in [3.63, 3.8) is 0 Å². The van der Waals surface area contributed by atoms with Gasteiger partial charge in [0.05, 0.1) is 4.47 Å². The van der Waals surface area contributed by atoms with E-state index in [-0.39, 0.29) is 11.9 Å². The predicted molar refractivity (Wildman–Crippen MR) is 79.2 cm³/mol. The third-order valence-corrected chi connectivity index (χ3v) is 3.66. The second kappa shape index (κ2) is 7.90. The van der Waals surface area contributed by atoms with Crippen molar-refractivity contribution >= 4 is 15.9 Å². The van der Waals surface area contributed by atoms with Crippen molar-refractivity contribution in [3.05, 3.63) is 34.1 Å². The van der Waals surface area contributed by atoms with Crippen LogP contribution in [0, 0.1) is 11.7 Å². The maximum absolute atomic E-state index is 13.6. The summed E-state index contributed by atoms with van der Waals surface area (Å²) in [5.41, 5.74) is 1.05. The van der Waals surface area contributed by atoms with Crippen molar-refractivity contribution in [3.8, 4) is 0 Å². The minimum Gasteiger partial charge on any atom is -0.310 e. The molecular weight excluding hydrogens is 293 g/mol. The lowest BCUT2D eigenvalue weighted by molar-refractivity contribution is 0.439. The SMILES string of the molecule is CCCNC(CCC(C)C)c1ccc(Br)c(F)c1. The zero-order valence-electron chi connectivity index (χ0n) is 11.5. The molecule has 0 spiro atoms. The summed E-state index contributed by atoms with van der Waals surface area (Å²) in [5, 5.41) is 3.51. The molecule has 1 aromatic carbocycles. The normalized spacial score (nSPS) is 13.0. The molecule has 0 radical (unpaired) electrons. The highest BCUT2D eigenvalue weighted by molar-refractivity contribution is 9.10. The molecule has 1 atom stereocenters. The van der Waals surface area contributed by atoms with Crippen LogP contribution in [-0.2, 0) is 0 Å². The number of hydrogen-bond donors (Lipinski definition) is 1. The third-order valence-electron chi connectivity index (χ3n) is 3.02. The molecular formula is C15H23BrFN. The van der Waals surface area contributed by atoms with Crippen LogP contribution >= 0.6 is 15.9 Å². The summed E-state index contributed by atoms with van der Waals surface area (Å²) in [4.78, 5) is 0. The second-order valence-corrected chi connectivity index (χ2v) is 6.01. The van der Waals surface area contributed by atoms with Crippen molar-refractivity contribution in [1.29, 1.82) is 0 Å². The topological polar surface area (TPSA) is 12.0 Å². The number of hydrogen-bond acceptors (Lipinski definition) is 1. The highest BCUT2D eigenvalue weighted by Crippen LogP contribution is 2.25. The molecule has 0 saturated heterocycles. The Morgan fingerprint density at radius 1 is 1.28 bits per heavy atom. The average Bonchev–Trinajstić information content (AvgIpc) is 2.33. The van der Waals surface area contributed by atoms with Gasteiger partial charge in [-0.05, 0) is 65.4 Å². The summed E-state index contributed by atoms with van der Waals surface area (Å²) in [6.45, 7) is 7.56. The van der Waals surface area contributed by atoms with Gasteiger partial charge in [0, 0.05) is 6.04 Å². The fraction of sp³-hybridized carbons (Fsp3) is 0.600. The van der Waals surface area contributed by atoms with Crippen LogP contribution in [0.1, 0.15) is 51.6 Å². The molecule has 1 aromatic rings. The van der Waals surface area contributed by atoms with E-state index < -0.39 is 0 Å². The van der Waals surface area contributed by atoms with E-state index in [9.17, 15) is 4.39 Å². The summed E-state index contributed by atoms with van der Waals surface area (Å²) < 4.78 is 14.1. The quantitative estimate of drug-likeness (QED) is 0.741. The van der Waals surface area contributed by atoms with Gasteiger partial charge in [0.25, 0.3) is 0 Å². The first-order valence-electron chi connectivity index (χ1n) is 6.73. The monoisotopic (exact) mass is 315 g/mol. The molecule has 1 nitrogen and oxygen atoms in total. The van der Waals surface area contributed by atoms with Gasteiger partial charge >= 0.3 is 0 Å². The van der Waals surface area contributed by atoms with Crippen LogP contribution < -0.4 is 5.32 Å². The maximum atomic E-state index is 13.6. The standard InChI is InChI=1S/C15H23BrFN/c1-4-9-18-15(8-5-11(2)3)12-6-7-13(16)14(17)10-12/h6-7,10-11,15,18H,4-5,8-9H2,1-3H3. The van der Waals surface area contributed by atoms with E-state index in [0.717, 1.165) is 31.4 Å². The van der Waals surface area contributed by atoms with E-state index in [1.807, 2.05) is 6.07 Å². The number of nitrogens with one attached hydrogen (secondary N) is 1. The van der Waals surface area contributed by atoms with E-state index >= 15 is 0 Å². The van der Waals surface area contributed by atoms with Crippen LogP contribution in [-0.4, -0.2) is 6.54 Å². The van der Waals surface area contributed by atoms with E-state index in [4.69, 9.17) is 0 Å². The van der Waals surface area contributed by atoms with Crippen molar-refractivity contribution in [2.75, 3.05) is 6.54 Å². The van der Waals surface area contributed by atoms with Gasteiger partial charge in [-0.1, -0.05) is 26.8 Å². The Morgan fingerprint density at radius 3 is 2.56 bits per heavy atom. The summed E-state index contributed by atoms with van der Waals surface area (Å²) in [6.07, 6.45) is 3.30. The molecule has 1 N–H and O–H groups in total. The van der Waals surface area contributed by atoms with Crippen LogP contribution in [0.25, 0.3) is 0 Å². The van der Waals surface area contributed by atoms with Crippen LogP contribution in [0.4, 0.5) is 4.39 Å². The Kier molecular flexibility index (Phi) is 6.87. The largest absolute Gasteiger partial charge is 0.310 e. The van der Waals surface area contributed by atoms with Crippen molar-refractivity contribution in [2.24, 2.45) is 5.92 Å². The summed E-state index contributed by atoms with van der Waals surface area (Å²) >= 11 is 3.20. The smallest absolute Gasteiger partial charge is 0.137 e. The first kappa shape index (κ1) is 15.6. The van der Waals surface area contributed by atoms with Crippen LogP contribution in [0.2, 0.25) is 0 Å². The second-order valence-electron chi connectivity index (χ2n) is 5.15. The average molecular weight is 316 g/mol. The Labute approximate surface area is 118 Å². The van der Waals surface area contributed by atoms with Gasteiger partial charge < -0.3 is 5.32 Å². The Hall–Kier alpha value is -0.410. The molecule has 0 amide bonds. The molecule has 0 aliphatic rings. The molecule has 3 heteroatoms. The first-order chi connectivity index (χ1) is 8.54. The lowest BCUT2D eigenvalue weighted by Crippen LogP contribution is -2.22. The van der Waals surface area contributed by atoms with Gasteiger partial charge in [0.15, 0.2) is 0 Å². The van der Waals surface area contributed by atoms with Gasteiger partial charge in [0.2, 0.25) is 0 Å². The lowest BCUT2D eigenvalue weighted by Gasteiger charge is -2.20. The molecule has 1 rings (SSSR count). The lowest BCUT2D eigenvalue weighted by atomic mass is 9.97. The first-order valence-corrected chi connectivity index (χ1v) is 7.52. The van der Waals surface area contributed by atoms with Gasteiger partial charge in [-0.25, -0.2) is 4.39 Å². The van der Waals surface area contributed by atoms with Gasteiger partial charge in [-0.15, -0.1) is 0 Å². The zero-order valence-corrected chi connectivity index (χ0v) is 13.1. The Balaban J connectivity index is 2.76. The fourth-order valence-electron chi connectivity index (χ4n) is 1.93. The Bertz CT molecular complexity index is 366. The number of rotatable bonds is 7. The maximum Gasteiger partial charge on any atom is 0.137 e. The number of benzene rings is 1. The van der Waals surface area contributed by atoms with Crippen LogP contribution in [0.5, 0.6) is 0 Å². The molecule has 0 aliphatic heterocycles. The molecule has 18 heavy (non-hydrogen) atoms. The molecule has 0 heterocycles. The molecule has 102 valence electrons. The van der Waals surface area contributed by atoms with Crippen molar-refractivity contribution < 1.29 is 4.39 Å². The van der Waals surface area contributed by atoms with Gasteiger partial charge in [-0.3, -0.25) is 0 Å². The van der Waals surface area contributed by atoms with E-state index in [1.165, 1.54) is 0 Å². The zero-order chi connectivity index (χ0) is 13.5. The van der Waals surface area contributed by atoms with E-state index in [2.05, 4.69) is 42.0 Å². The molecule has 0 bridgehead atoms. The summed E-state index contributed by atoms with van der Waals surface area (Å²) in [7, 11) is 0.